The van der Waals surface area contributed by atoms with Gasteiger partial charge in [0, 0.05) is 4.88 Å². The minimum absolute atomic E-state index is 0.0314. The smallest absolute Gasteiger partial charge is 0.238 e. The zero-order valence-corrected chi connectivity index (χ0v) is 17.9. The molecule has 2 heterocycles. The van der Waals surface area contributed by atoms with Gasteiger partial charge < -0.3 is 5.32 Å². The maximum Gasteiger partial charge on any atom is 0.238 e. The summed E-state index contributed by atoms with van der Waals surface area (Å²) < 4.78 is 22.6. The van der Waals surface area contributed by atoms with Crippen LogP contribution >= 0.6 is 23.1 Å². The first kappa shape index (κ1) is 21.2. The average Bonchev–Trinajstić information content (AvgIpc) is 3.36. The molecule has 8 nitrogen and oxygen atoms in total. The summed E-state index contributed by atoms with van der Waals surface area (Å²) in [7, 11) is -3.73. The number of nitrogens with one attached hydrogen (secondary N) is 2. The Morgan fingerprint density at radius 2 is 2.07 bits per heavy atom. The molecule has 0 saturated heterocycles. The van der Waals surface area contributed by atoms with Crippen LogP contribution in [0.15, 0.2) is 51.8 Å². The fourth-order valence-electron chi connectivity index (χ4n) is 2.39. The lowest BCUT2D eigenvalue weighted by molar-refractivity contribution is -0.119. The quantitative estimate of drug-likeness (QED) is 0.453. The summed E-state index contributed by atoms with van der Waals surface area (Å²) in [6, 6.07) is 9.77. The van der Waals surface area contributed by atoms with E-state index < -0.39 is 10.0 Å². The Labute approximate surface area is 176 Å². The predicted molar refractivity (Wildman–Crippen MR) is 115 cm³/mol. The van der Waals surface area contributed by atoms with Crippen LogP contribution in [0.5, 0.6) is 0 Å². The zero-order chi connectivity index (χ0) is 20.9. The van der Waals surface area contributed by atoms with E-state index in [-0.39, 0.29) is 22.6 Å². The van der Waals surface area contributed by atoms with Crippen molar-refractivity contribution >= 4 is 51.2 Å². The van der Waals surface area contributed by atoms with Crippen LogP contribution in [0.25, 0.3) is 12.2 Å². The molecule has 0 radical (unpaired) electrons. The fraction of sp³-hybridized carbons (Fsp3) is 0.167. The van der Waals surface area contributed by atoms with Crippen LogP contribution in [0.1, 0.15) is 29.2 Å². The van der Waals surface area contributed by atoms with Crippen molar-refractivity contribution in [1.82, 2.24) is 20.5 Å². The second-order valence-electron chi connectivity index (χ2n) is 6.04. The SMILES string of the molecule is CC(NC(=O)CSc1n[nH]c(/C=C/c2cccs2)n1)c1ccc(S(N)(=O)=O)cc1. The van der Waals surface area contributed by atoms with Crippen molar-refractivity contribution in [2.45, 2.75) is 23.0 Å². The summed E-state index contributed by atoms with van der Waals surface area (Å²) >= 11 is 2.85. The van der Waals surface area contributed by atoms with Gasteiger partial charge in [-0.05, 0) is 48.2 Å². The predicted octanol–water partition coefficient (Wildman–Crippen LogP) is 2.65. The van der Waals surface area contributed by atoms with E-state index >= 15 is 0 Å². The Hall–Kier alpha value is -2.47. The third kappa shape index (κ3) is 6.26. The Morgan fingerprint density at radius 3 is 2.72 bits per heavy atom. The number of H-pyrrole nitrogens is 1. The molecule has 1 amide bonds. The van der Waals surface area contributed by atoms with Crippen LogP contribution in [-0.2, 0) is 14.8 Å². The van der Waals surface area contributed by atoms with Gasteiger partial charge in [-0.15, -0.1) is 16.4 Å². The molecule has 0 aliphatic carbocycles. The number of nitrogens with zero attached hydrogens (tertiary/aromatic N) is 2. The molecule has 1 unspecified atom stereocenters. The molecule has 0 fully saturated rings. The summed E-state index contributed by atoms with van der Waals surface area (Å²) in [5.41, 5.74) is 0.773. The summed E-state index contributed by atoms with van der Waals surface area (Å²) in [5.74, 6) is 0.592. The van der Waals surface area contributed by atoms with E-state index in [2.05, 4.69) is 20.5 Å². The number of carbonyl (C=O) groups is 1. The van der Waals surface area contributed by atoms with Crippen molar-refractivity contribution in [1.29, 1.82) is 0 Å². The molecule has 2 aromatic heterocycles. The lowest BCUT2D eigenvalue weighted by atomic mass is 10.1. The van der Waals surface area contributed by atoms with Gasteiger partial charge >= 0.3 is 0 Å². The third-order valence-corrected chi connectivity index (χ3v) is 6.46. The fourth-order valence-corrected chi connectivity index (χ4v) is 4.14. The first-order valence-electron chi connectivity index (χ1n) is 8.50. The first-order valence-corrected chi connectivity index (χ1v) is 11.9. The Kier molecular flexibility index (Phi) is 6.85. The summed E-state index contributed by atoms with van der Waals surface area (Å²) in [5, 5.41) is 17.3. The molecule has 11 heteroatoms. The maximum atomic E-state index is 12.2. The molecule has 1 atom stereocenters. The minimum atomic E-state index is -3.73. The van der Waals surface area contributed by atoms with E-state index in [0.29, 0.717) is 11.0 Å². The van der Waals surface area contributed by atoms with Crippen molar-refractivity contribution in [3.8, 4) is 0 Å². The monoisotopic (exact) mass is 449 g/mol. The van der Waals surface area contributed by atoms with Gasteiger partial charge in [0.25, 0.3) is 0 Å². The number of amides is 1. The van der Waals surface area contributed by atoms with Gasteiger partial charge in [0.2, 0.25) is 21.1 Å². The van der Waals surface area contributed by atoms with Crippen molar-refractivity contribution in [2.75, 3.05) is 5.75 Å². The lowest BCUT2D eigenvalue weighted by Gasteiger charge is -2.14. The molecule has 3 rings (SSSR count). The number of rotatable bonds is 8. The van der Waals surface area contributed by atoms with Crippen molar-refractivity contribution in [3.05, 3.63) is 58.0 Å². The first-order chi connectivity index (χ1) is 13.8. The van der Waals surface area contributed by atoms with Crippen LogP contribution in [0.4, 0.5) is 0 Å². The van der Waals surface area contributed by atoms with Gasteiger partial charge in [0.15, 0.2) is 0 Å². The normalized spacial score (nSPS) is 12.9. The molecule has 29 heavy (non-hydrogen) atoms. The summed E-state index contributed by atoms with van der Waals surface area (Å²) in [6.07, 6.45) is 3.77. The number of hydrogen-bond acceptors (Lipinski definition) is 7. The van der Waals surface area contributed by atoms with Gasteiger partial charge in [0.05, 0.1) is 16.7 Å². The second-order valence-corrected chi connectivity index (χ2v) is 9.53. The molecule has 0 aliphatic heterocycles. The van der Waals surface area contributed by atoms with Gasteiger partial charge in [-0.2, -0.15) is 0 Å². The molecule has 0 bridgehead atoms. The van der Waals surface area contributed by atoms with Crippen molar-refractivity contribution in [2.24, 2.45) is 5.14 Å². The lowest BCUT2D eigenvalue weighted by Crippen LogP contribution is -2.28. The average molecular weight is 450 g/mol. The largest absolute Gasteiger partial charge is 0.349 e. The highest BCUT2D eigenvalue weighted by atomic mass is 32.2. The van der Waals surface area contributed by atoms with Crippen LogP contribution in [0, 0.1) is 0 Å². The van der Waals surface area contributed by atoms with Crippen LogP contribution in [0.3, 0.4) is 0 Å². The molecule has 0 spiro atoms. The highest BCUT2D eigenvalue weighted by molar-refractivity contribution is 7.99. The van der Waals surface area contributed by atoms with Gasteiger partial charge in [-0.25, -0.2) is 18.5 Å². The van der Waals surface area contributed by atoms with Crippen molar-refractivity contribution < 1.29 is 13.2 Å². The topological polar surface area (TPSA) is 131 Å². The highest BCUT2D eigenvalue weighted by Crippen LogP contribution is 2.18. The van der Waals surface area contributed by atoms with Gasteiger partial charge in [-0.1, -0.05) is 30.0 Å². The minimum Gasteiger partial charge on any atom is -0.349 e. The molecule has 152 valence electrons. The third-order valence-electron chi connectivity index (χ3n) is 3.85. The molecule has 3 aromatic rings. The molecule has 0 aliphatic rings. The van der Waals surface area contributed by atoms with Crippen molar-refractivity contribution in [3.63, 3.8) is 0 Å². The number of aromatic nitrogens is 3. The number of primary sulfonamides is 1. The van der Waals surface area contributed by atoms with E-state index in [4.69, 9.17) is 5.14 Å². The van der Waals surface area contributed by atoms with E-state index in [1.54, 1.807) is 23.5 Å². The Bertz CT molecular complexity index is 1090. The van der Waals surface area contributed by atoms with E-state index in [0.717, 1.165) is 10.4 Å². The molecular weight excluding hydrogens is 430 g/mol. The number of carbonyl (C=O) groups excluding carboxylic acids is 1. The zero-order valence-electron chi connectivity index (χ0n) is 15.4. The summed E-state index contributed by atoms with van der Waals surface area (Å²) in [4.78, 5) is 17.6. The Morgan fingerprint density at radius 1 is 1.31 bits per heavy atom. The molecule has 1 aromatic carbocycles. The highest BCUT2D eigenvalue weighted by Gasteiger charge is 2.13. The van der Waals surface area contributed by atoms with E-state index in [1.807, 2.05) is 36.6 Å². The van der Waals surface area contributed by atoms with Gasteiger partial charge in [0.1, 0.15) is 5.82 Å². The maximum absolute atomic E-state index is 12.2. The number of thioether (sulfide) groups is 1. The van der Waals surface area contributed by atoms with E-state index in [9.17, 15) is 13.2 Å². The van der Waals surface area contributed by atoms with Gasteiger partial charge in [-0.3, -0.25) is 9.89 Å². The number of benzene rings is 1. The molecule has 4 N–H and O–H groups in total. The second kappa shape index (κ2) is 9.35. The van der Waals surface area contributed by atoms with Crippen LogP contribution in [-0.4, -0.2) is 35.3 Å². The van der Waals surface area contributed by atoms with Crippen LogP contribution in [0.2, 0.25) is 0 Å². The molecular formula is C18H19N5O3S3. The number of aromatic amines is 1. The molecule has 0 saturated carbocycles. The number of hydrogen-bond donors (Lipinski definition) is 3. The van der Waals surface area contributed by atoms with E-state index in [1.165, 1.54) is 23.9 Å². The number of nitrogens with two attached hydrogens (primary N) is 1. The standard InChI is InChI=1S/C18H19N5O3S3/c1-12(13-4-7-15(8-5-13)29(19,25)26)20-17(24)11-28-18-21-16(22-23-18)9-6-14-3-2-10-27-14/h2-10,12H,11H2,1H3,(H,20,24)(H2,19,25,26)(H,21,22,23)/b9-6+. The number of sulfonamides is 1. The number of thiophene rings is 1. The summed E-state index contributed by atoms with van der Waals surface area (Å²) in [6.45, 7) is 1.81. The van der Waals surface area contributed by atoms with Crippen LogP contribution < -0.4 is 10.5 Å². The Balaban J connectivity index is 1.49.